The summed E-state index contributed by atoms with van der Waals surface area (Å²) in [6.07, 6.45) is 4.81. The monoisotopic (exact) mass is 324 g/mol. The number of nitrogen functional groups attached to an aromatic ring is 1. The van der Waals surface area contributed by atoms with Crippen LogP contribution in [0.1, 0.15) is 30.6 Å². The molecular weight excluding hydrogens is 304 g/mol. The van der Waals surface area contributed by atoms with Gasteiger partial charge in [0.15, 0.2) is 0 Å². The van der Waals surface area contributed by atoms with Crippen molar-refractivity contribution in [3.05, 3.63) is 46.7 Å². The van der Waals surface area contributed by atoms with Crippen molar-refractivity contribution in [1.82, 2.24) is 0 Å². The highest BCUT2D eigenvalue weighted by molar-refractivity contribution is 7.09. The van der Waals surface area contributed by atoms with Crippen molar-refractivity contribution in [2.45, 2.75) is 32.1 Å². The zero-order valence-electron chi connectivity index (χ0n) is 11.9. The van der Waals surface area contributed by atoms with Crippen LogP contribution in [0.15, 0.2) is 41.8 Å². The van der Waals surface area contributed by atoms with Crippen molar-refractivity contribution < 1.29 is 4.79 Å². The van der Waals surface area contributed by atoms with Gasteiger partial charge in [0.1, 0.15) is 0 Å². The summed E-state index contributed by atoms with van der Waals surface area (Å²) in [5.41, 5.74) is 7.10. The van der Waals surface area contributed by atoms with E-state index in [9.17, 15) is 4.79 Å². The molecule has 0 atom stereocenters. The standard InChI is InChI=1S/C16H20N2OS.ClH/c17-14-9-4-5-10-15(14)18-16(19)11-3-1-2-7-13-8-6-12-20-13;/h4-6,8-10,12H,1-3,7,11,17H2,(H,18,19);1H. The van der Waals surface area contributed by atoms with E-state index in [1.54, 1.807) is 17.4 Å². The Bertz CT molecular complexity index is 543. The van der Waals surface area contributed by atoms with Gasteiger partial charge in [0.05, 0.1) is 11.4 Å². The largest absolute Gasteiger partial charge is 0.397 e. The SMILES string of the molecule is Cl.Nc1ccccc1NC(=O)CCCCCc1cccs1. The zero-order chi connectivity index (χ0) is 14.2. The minimum Gasteiger partial charge on any atom is -0.397 e. The number of benzene rings is 1. The zero-order valence-corrected chi connectivity index (χ0v) is 13.5. The minimum atomic E-state index is 0. The lowest BCUT2D eigenvalue weighted by molar-refractivity contribution is -0.116. The van der Waals surface area contributed by atoms with Gasteiger partial charge in [-0.05, 0) is 42.8 Å². The second kappa shape index (κ2) is 9.42. The summed E-state index contributed by atoms with van der Waals surface area (Å²) in [7, 11) is 0. The number of rotatable bonds is 7. The van der Waals surface area contributed by atoms with Gasteiger partial charge in [0, 0.05) is 11.3 Å². The van der Waals surface area contributed by atoms with Crippen LogP contribution in [-0.4, -0.2) is 5.91 Å². The van der Waals surface area contributed by atoms with E-state index in [0.717, 1.165) is 25.7 Å². The van der Waals surface area contributed by atoms with E-state index < -0.39 is 0 Å². The lowest BCUT2D eigenvalue weighted by Crippen LogP contribution is -2.12. The number of aryl methyl sites for hydroxylation is 1. The van der Waals surface area contributed by atoms with Crippen LogP contribution in [0.5, 0.6) is 0 Å². The summed E-state index contributed by atoms with van der Waals surface area (Å²) >= 11 is 1.80. The highest BCUT2D eigenvalue weighted by Crippen LogP contribution is 2.17. The van der Waals surface area contributed by atoms with Crippen LogP contribution in [0, 0.1) is 0 Å². The fourth-order valence-corrected chi connectivity index (χ4v) is 2.79. The normalized spacial score (nSPS) is 9.90. The van der Waals surface area contributed by atoms with Crippen molar-refractivity contribution in [3.63, 3.8) is 0 Å². The maximum absolute atomic E-state index is 11.8. The Labute approximate surface area is 136 Å². The van der Waals surface area contributed by atoms with Crippen molar-refractivity contribution in [3.8, 4) is 0 Å². The summed E-state index contributed by atoms with van der Waals surface area (Å²) in [4.78, 5) is 13.2. The van der Waals surface area contributed by atoms with E-state index in [-0.39, 0.29) is 18.3 Å². The molecule has 5 heteroatoms. The molecule has 114 valence electrons. The first-order valence-electron chi connectivity index (χ1n) is 6.92. The molecule has 1 amide bonds. The molecular formula is C16H21ClN2OS. The molecule has 0 fully saturated rings. The molecule has 3 nitrogen and oxygen atoms in total. The number of nitrogens with one attached hydrogen (secondary N) is 1. The third kappa shape index (κ3) is 6.19. The number of nitrogens with two attached hydrogens (primary N) is 1. The first-order chi connectivity index (χ1) is 9.75. The molecule has 0 unspecified atom stereocenters. The van der Waals surface area contributed by atoms with Gasteiger partial charge in [-0.1, -0.05) is 24.6 Å². The third-order valence-electron chi connectivity index (χ3n) is 3.14. The number of anilines is 2. The molecule has 0 aliphatic rings. The van der Waals surface area contributed by atoms with Crippen molar-refractivity contribution in [2.75, 3.05) is 11.1 Å². The molecule has 1 aromatic heterocycles. The number of carbonyl (C=O) groups excluding carboxylic acids is 1. The molecule has 0 spiro atoms. The number of amides is 1. The van der Waals surface area contributed by atoms with Gasteiger partial charge in [-0.2, -0.15) is 0 Å². The van der Waals surface area contributed by atoms with Crippen molar-refractivity contribution in [1.29, 1.82) is 0 Å². The van der Waals surface area contributed by atoms with Gasteiger partial charge in [-0.25, -0.2) is 0 Å². The number of hydrogen-bond donors (Lipinski definition) is 2. The molecule has 0 saturated carbocycles. The summed E-state index contributed by atoms with van der Waals surface area (Å²) in [6, 6.07) is 11.6. The van der Waals surface area contributed by atoms with E-state index >= 15 is 0 Å². The van der Waals surface area contributed by atoms with Crippen LogP contribution < -0.4 is 11.1 Å². The molecule has 0 saturated heterocycles. The molecule has 0 radical (unpaired) electrons. The van der Waals surface area contributed by atoms with E-state index in [1.165, 1.54) is 4.88 Å². The summed E-state index contributed by atoms with van der Waals surface area (Å²) in [5, 5.41) is 4.96. The Morgan fingerprint density at radius 2 is 1.90 bits per heavy atom. The molecule has 0 bridgehead atoms. The molecule has 3 N–H and O–H groups in total. The number of carbonyl (C=O) groups is 1. The lowest BCUT2D eigenvalue weighted by Gasteiger charge is -2.07. The Hall–Kier alpha value is -1.52. The van der Waals surface area contributed by atoms with Crippen LogP contribution in [0.25, 0.3) is 0 Å². The molecule has 0 aliphatic heterocycles. The molecule has 2 rings (SSSR count). The van der Waals surface area contributed by atoms with Gasteiger partial charge in [-0.15, -0.1) is 23.7 Å². The van der Waals surface area contributed by atoms with Gasteiger partial charge >= 0.3 is 0 Å². The van der Waals surface area contributed by atoms with Crippen LogP contribution >= 0.6 is 23.7 Å². The van der Waals surface area contributed by atoms with E-state index in [1.807, 2.05) is 18.2 Å². The van der Waals surface area contributed by atoms with Crippen LogP contribution in [-0.2, 0) is 11.2 Å². The van der Waals surface area contributed by atoms with Gasteiger partial charge in [-0.3, -0.25) is 4.79 Å². The fourth-order valence-electron chi connectivity index (χ4n) is 2.04. The number of para-hydroxylation sites is 2. The smallest absolute Gasteiger partial charge is 0.224 e. The predicted molar refractivity (Wildman–Crippen MR) is 93.2 cm³/mol. The quantitative estimate of drug-likeness (QED) is 0.582. The molecule has 0 aliphatic carbocycles. The van der Waals surface area contributed by atoms with Crippen molar-refractivity contribution in [2.24, 2.45) is 0 Å². The highest BCUT2D eigenvalue weighted by atomic mass is 35.5. The van der Waals surface area contributed by atoms with E-state index in [2.05, 4.69) is 22.8 Å². The van der Waals surface area contributed by atoms with E-state index in [4.69, 9.17) is 5.73 Å². The number of unbranched alkanes of at least 4 members (excludes halogenated alkanes) is 2. The molecule has 1 heterocycles. The van der Waals surface area contributed by atoms with Crippen LogP contribution in [0.4, 0.5) is 11.4 Å². The summed E-state index contributed by atoms with van der Waals surface area (Å²) in [5.74, 6) is 0.0408. The second-order valence-corrected chi connectivity index (χ2v) is 5.81. The highest BCUT2D eigenvalue weighted by Gasteiger charge is 2.04. The Kier molecular flexibility index (Phi) is 7.87. The summed E-state index contributed by atoms with van der Waals surface area (Å²) in [6.45, 7) is 0. The fraction of sp³-hybridized carbons (Fsp3) is 0.312. The third-order valence-corrected chi connectivity index (χ3v) is 4.08. The van der Waals surface area contributed by atoms with E-state index in [0.29, 0.717) is 17.8 Å². The van der Waals surface area contributed by atoms with Gasteiger partial charge < -0.3 is 11.1 Å². The average Bonchev–Trinajstić information content (AvgIpc) is 2.94. The average molecular weight is 325 g/mol. The van der Waals surface area contributed by atoms with Gasteiger partial charge in [0.2, 0.25) is 5.91 Å². The number of hydrogen-bond acceptors (Lipinski definition) is 3. The van der Waals surface area contributed by atoms with Crippen molar-refractivity contribution >= 4 is 41.0 Å². The first-order valence-corrected chi connectivity index (χ1v) is 7.80. The lowest BCUT2D eigenvalue weighted by atomic mass is 10.1. The Balaban J connectivity index is 0.00000220. The Morgan fingerprint density at radius 3 is 2.62 bits per heavy atom. The number of thiophene rings is 1. The molecule has 1 aromatic carbocycles. The maximum atomic E-state index is 11.8. The minimum absolute atomic E-state index is 0. The first kappa shape index (κ1) is 17.5. The second-order valence-electron chi connectivity index (χ2n) is 4.78. The predicted octanol–water partition coefficient (Wildman–Crippen LogP) is 4.49. The van der Waals surface area contributed by atoms with Gasteiger partial charge in [0.25, 0.3) is 0 Å². The number of halogens is 1. The maximum Gasteiger partial charge on any atom is 0.224 e. The molecule has 2 aromatic rings. The molecule has 21 heavy (non-hydrogen) atoms. The van der Waals surface area contributed by atoms with Crippen LogP contribution in [0.3, 0.4) is 0 Å². The van der Waals surface area contributed by atoms with Crippen LogP contribution in [0.2, 0.25) is 0 Å². The topological polar surface area (TPSA) is 55.1 Å². The summed E-state index contributed by atoms with van der Waals surface area (Å²) < 4.78 is 0. The Morgan fingerprint density at radius 1 is 1.10 bits per heavy atom.